The molecule has 2 N–H and O–H groups in total. The number of piperazine rings is 1. The van der Waals surface area contributed by atoms with E-state index < -0.39 is 6.04 Å². The molecule has 1 aromatic carbocycles. The number of methoxy groups -OCH3 is 1. The van der Waals surface area contributed by atoms with Gasteiger partial charge in [0.15, 0.2) is 5.76 Å². The van der Waals surface area contributed by atoms with Crippen LogP contribution in [0.4, 0.5) is 0 Å². The van der Waals surface area contributed by atoms with Gasteiger partial charge in [-0.1, -0.05) is 12.1 Å². The van der Waals surface area contributed by atoms with Crippen molar-refractivity contribution in [3.05, 3.63) is 42.2 Å². The van der Waals surface area contributed by atoms with Crippen LogP contribution < -0.4 is 15.4 Å². The molecule has 1 saturated carbocycles. The molecule has 7 nitrogen and oxygen atoms in total. The summed E-state index contributed by atoms with van der Waals surface area (Å²) in [7, 11) is 1.60. The molecule has 2 amide bonds. The molecule has 0 bridgehead atoms. The molecular formula is C20H23N3O4. The van der Waals surface area contributed by atoms with Crippen molar-refractivity contribution in [3.63, 3.8) is 0 Å². The Morgan fingerprint density at radius 1 is 1.26 bits per heavy atom. The molecule has 7 heteroatoms. The highest BCUT2D eigenvalue weighted by Gasteiger charge is 2.36. The molecule has 2 heterocycles. The topological polar surface area (TPSA) is 83.8 Å². The molecule has 1 atom stereocenters. The maximum atomic E-state index is 13.0. The number of amides is 2. The van der Waals surface area contributed by atoms with E-state index in [1.807, 2.05) is 24.3 Å². The molecule has 2 aliphatic rings. The Balaban J connectivity index is 1.52. The van der Waals surface area contributed by atoms with E-state index in [1.165, 1.54) is 0 Å². The Morgan fingerprint density at radius 2 is 2.11 bits per heavy atom. The van der Waals surface area contributed by atoms with Gasteiger partial charge in [-0.05, 0) is 37.1 Å². The molecule has 1 saturated heterocycles. The first kappa shape index (κ1) is 17.6. The molecule has 142 valence electrons. The van der Waals surface area contributed by atoms with Crippen molar-refractivity contribution in [2.45, 2.75) is 24.9 Å². The number of furan rings is 1. The molecule has 1 aliphatic heterocycles. The van der Waals surface area contributed by atoms with E-state index in [2.05, 4.69) is 10.6 Å². The Hall–Kier alpha value is -2.80. The fraction of sp³-hybridized carbons (Fsp3) is 0.400. The predicted molar refractivity (Wildman–Crippen MR) is 99.6 cm³/mol. The summed E-state index contributed by atoms with van der Waals surface area (Å²) in [5.74, 6) is 1.18. The minimum atomic E-state index is -0.516. The number of benzene rings is 1. The van der Waals surface area contributed by atoms with Crippen LogP contribution in [-0.2, 0) is 4.79 Å². The summed E-state index contributed by atoms with van der Waals surface area (Å²) in [4.78, 5) is 27.1. The zero-order valence-electron chi connectivity index (χ0n) is 15.2. The number of carbonyl (C=O) groups is 2. The Labute approximate surface area is 157 Å². The highest BCUT2D eigenvalue weighted by atomic mass is 16.5. The number of rotatable bonds is 5. The van der Waals surface area contributed by atoms with Gasteiger partial charge in [0, 0.05) is 31.2 Å². The maximum absolute atomic E-state index is 13.0. The summed E-state index contributed by atoms with van der Waals surface area (Å²) >= 11 is 0. The zero-order valence-corrected chi connectivity index (χ0v) is 15.2. The quantitative estimate of drug-likeness (QED) is 0.837. The third-order valence-electron chi connectivity index (χ3n) is 4.90. The third kappa shape index (κ3) is 3.83. The predicted octanol–water partition coefficient (Wildman–Crippen LogP) is 1.65. The van der Waals surface area contributed by atoms with E-state index in [0.717, 1.165) is 24.2 Å². The van der Waals surface area contributed by atoms with Crippen molar-refractivity contribution in [1.82, 2.24) is 15.5 Å². The normalized spacial score (nSPS) is 19.6. The number of ether oxygens (including phenoxy) is 1. The van der Waals surface area contributed by atoms with Crippen LogP contribution in [0.25, 0.3) is 11.3 Å². The van der Waals surface area contributed by atoms with Gasteiger partial charge in [0.2, 0.25) is 5.91 Å². The monoisotopic (exact) mass is 369 g/mol. The lowest BCUT2D eigenvalue weighted by atomic mass is 10.1. The first-order chi connectivity index (χ1) is 13.2. The van der Waals surface area contributed by atoms with Gasteiger partial charge in [0.25, 0.3) is 5.91 Å². The molecule has 0 spiro atoms. The van der Waals surface area contributed by atoms with Crippen LogP contribution in [0.3, 0.4) is 0 Å². The SMILES string of the molecule is COc1cccc(-c2ccc(C(=O)N3CCNCC3C(=O)NC3CC3)o2)c1. The molecule has 0 radical (unpaired) electrons. The minimum Gasteiger partial charge on any atom is -0.497 e. The third-order valence-corrected chi connectivity index (χ3v) is 4.90. The average molecular weight is 369 g/mol. The van der Waals surface area contributed by atoms with Gasteiger partial charge < -0.3 is 24.7 Å². The largest absolute Gasteiger partial charge is 0.497 e. The van der Waals surface area contributed by atoms with Crippen LogP contribution in [0.15, 0.2) is 40.8 Å². The van der Waals surface area contributed by atoms with Crippen LogP contribution in [0.2, 0.25) is 0 Å². The van der Waals surface area contributed by atoms with Crippen LogP contribution in [0.5, 0.6) is 5.75 Å². The molecule has 1 aromatic heterocycles. The smallest absolute Gasteiger partial charge is 0.290 e. The molecule has 1 aliphatic carbocycles. The molecule has 1 unspecified atom stereocenters. The second-order valence-corrected chi connectivity index (χ2v) is 6.90. The van der Waals surface area contributed by atoms with Gasteiger partial charge in [-0.3, -0.25) is 9.59 Å². The summed E-state index contributed by atoms with van der Waals surface area (Å²) in [5, 5.41) is 6.18. The van der Waals surface area contributed by atoms with Gasteiger partial charge in [-0.2, -0.15) is 0 Å². The second-order valence-electron chi connectivity index (χ2n) is 6.90. The van der Waals surface area contributed by atoms with Crippen LogP contribution >= 0.6 is 0 Å². The minimum absolute atomic E-state index is 0.0994. The number of nitrogens with one attached hydrogen (secondary N) is 2. The van der Waals surface area contributed by atoms with E-state index in [1.54, 1.807) is 24.1 Å². The highest BCUT2D eigenvalue weighted by Crippen LogP contribution is 2.27. The molecule has 27 heavy (non-hydrogen) atoms. The van der Waals surface area contributed by atoms with Crippen molar-refractivity contribution in [3.8, 4) is 17.1 Å². The fourth-order valence-electron chi connectivity index (χ4n) is 3.23. The summed E-state index contributed by atoms with van der Waals surface area (Å²) < 4.78 is 11.0. The number of carbonyl (C=O) groups excluding carboxylic acids is 2. The van der Waals surface area contributed by atoms with E-state index >= 15 is 0 Å². The van der Waals surface area contributed by atoms with Gasteiger partial charge >= 0.3 is 0 Å². The lowest BCUT2D eigenvalue weighted by Gasteiger charge is -2.34. The number of nitrogens with zero attached hydrogens (tertiary/aromatic N) is 1. The lowest BCUT2D eigenvalue weighted by Crippen LogP contribution is -2.59. The molecule has 2 aromatic rings. The van der Waals surface area contributed by atoms with E-state index in [9.17, 15) is 9.59 Å². The van der Waals surface area contributed by atoms with Gasteiger partial charge in [0.1, 0.15) is 17.6 Å². The summed E-state index contributed by atoms with van der Waals surface area (Å²) in [6.45, 7) is 1.58. The van der Waals surface area contributed by atoms with Crippen LogP contribution in [0, 0.1) is 0 Å². The van der Waals surface area contributed by atoms with Crippen molar-refractivity contribution in [1.29, 1.82) is 0 Å². The van der Waals surface area contributed by atoms with Crippen molar-refractivity contribution in [2.75, 3.05) is 26.7 Å². The van der Waals surface area contributed by atoms with Gasteiger partial charge in [0.05, 0.1) is 7.11 Å². The van der Waals surface area contributed by atoms with E-state index in [0.29, 0.717) is 25.4 Å². The summed E-state index contributed by atoms with van der Waals surface area (Å²) in [6, 6.07) is 10.6. The summed E-state index contributed by atoms with van der Waals surface area (Å²) in [5.41, 5.74) is 0.830. The standard InChI is InChI=1S/C20H23N3O4/c1-26-15-4-2-3-13(11-15)17-7-8-18(27-17)20(25)23-10-9-21-12-16(23)19(24)22-14-5-6-14/h2-4,7-8,11,14,16,21H,5-6,9-10,12H2,1H3,(H,22,24). The van der Waals surface area contributed by atoms with Crippen molar-refractivity contribution >= 4 is 11.8 Å². The number of hydrogen-bond acceptors (Lipinski definition) is 5. The van der Waals surface area contributed by atoms with Crippen LogP contribution in [-0.4, -0.2) is 55.5 Å². The zero-order chi connectivity index (χ0) is 18.8. The Kier molecular flexibility index (Phi) is 4.85. The van der Waals surface area contributed by atoms with E-state index in [-0.39, 0.29) is 23.6 Å². The van der Waals surface area contributed by atoms with E-state index in [4.69, 9.17) is 9.15 Å². The molecule has 4 rings (SSSR count). The maximum Gasteiger partial charge on any atom is 0.290 e. The first-order valence-corrected chi connectivity index (χ1v) is 9.22. The average Bonchev–Trinajstić information content (AvgIpc) is 3.39. The van der Waals surface area contributed by atoms with Crippen LogP contribution in [0.1, 0.15) is 23.4 Å². The Morgan fingerprint density at radius 3 is 2.89 bits per heavy atom. The highest BCUT2D eigenvalue weighted by molar-refractivity contribution is 5.96. The number of hydrogen-bond donors (Lipinski definition) is 2. The second kappa shape index (κ2) is 7.44. The first-order valence-electron chi connectivity index (χ1n) is 9.22. The van der Waals surface area contributed by atoms with Gasteiger partial charge in [-0.25, -0.2) is 0 Å². The van der Waals surface area contributed by atoms with Crippen molar-refractivity contribution < 1.29 is 18.7 Å². The Bertz CT molecular complexity index is 843. The summed E-state index contributed by atoms with van der Waals surface area (Å²) in [6.07, 6.45) is 2.03. The van der Waals surface area contributed by atoms with Gasteiger partial charge in [-0.15, -0.1) is 0 Å². The molecule has 2 fully saturated rings. The molecular weight excluding hydrogens is 346 g/mol. The van der Waals surface area contributed by atoms with Crippen molar-refractivity contribution in [2.24, 2.45) is 0 Å². The lowest BCUT2D eigenvalue weighted by molar-refractivity contribution is -0.126. The fourth-order valence-corrected chi connectivity index (χ4v) is 3.23.